The van der Waals surface area contributed by atoms with E-state index in [4.69, 9.17) is 4.74 Å². The van der Waals surface area contributed by atoms with Crippen LogP contribution < -0.4 is 15.4 Å². The van der Waals surface area contributed by atoms with E-state index in [9.17, 15) is 9.59 Å². The lowest BCUT2D eigenvalue weighted by atomic mass is 10.1. The summed E-state index contributed by atoms with van der Waals surface area (Å²) in [6.07, 6.45) is 3.27. The lowest BCUT2D eigenvalue weighted by molar-refractivity contribution is 0.0724. The summed E-state index contributed by atoms with van der Waals surface area (Å²) < 4.78 is 5.31. The van der Waals surface area contributed by atoms with Crippen molar-refractivity contribution >= 4 is 17.6 Å². The molecule has 3 amide bonds. The van der Waals surface area contributed by atoms with Crippen molar-refractivity contribution in [3.63, 3.8) is 0 Å². The summed E-state index contributed by atoms with van der Waals surface area (Å²) in [5.74, 6) is 0.804. The number of likely N-dealkylation sites (N-methyl/N-ethyl adjacent to an activating group) is 1. The van der Waals surface area contributed by atoms with E-state index in [1.807, 2.05) is 48.2 Å². The van der Waals surface area contributed by atoms with Crippen LogP contribution in [0.15, 0.2) is 48.5 Å². The Morgan fingerprint density at radius 1 is 1.06 bits per heavy atom. The van der Waals surface area contributed by atoms with Gasteiger partial charge in [-0.15, -0.1) is 0 Å². The van der Waals surface area contributed by atoms with Gasteiger partial charge in [0.1, 0.15) is 5.75 Å². The zero-order chi connectivity index (χ0) is 22.2. The molecule has 0 aromatic heterocycles. The van der Waals surface area contributed by atoms with Crippen molar-refractivity contribution in [3.05, 3.63) is 59.7 Å². The molecule has 2 aromatic carbocycles. The fourth-order valence-electron chi connectivity index (χ4n) is 3.82. The van der Waals surface area contributed by atoms with E-state index in [0.717, 1.165) is 37.2 Å². The van der Waals surface area contributed by atoms with Crippen LogP contribution in [0.4, 0.5) is 10.5 Å². The largest absolute Gasteiger partial charge is 0.497 e. The van der Waals surface area contributed by atoms with Gasteiger partial charge >= 0.3 is 6.03 Å². The van der Waals surface area contributed by atoms with Crippen LogP contribution in [0.5, 0.6) is 5.75 Å². The molecule has 2 aromatic rings. The highest BCUT2D eigenvalue weighted by Crippen LogP contribution is 2.22. The summed E-state index contributed by atoms with van der Waals surface area (Å²) >= 11 is 0. The van der Waals surface area contributed by atoms with Gasteiger partial charge in [-0.3, -0.25) is 4.79 Å². The minimum Gasteiger partial charge on any atom is -0.497 e. The Labute approximate surface area is 184 Å². The Balaban J connectivity index is 1.60. The van der Waals surface area contributed by atoms with Gasteiger partial charge in [-0.1, -0.05) is 18.2 Å². The SMILES string of the molecule is COc1cccc(C(CNC(=O)Nc2cccc(C(=O)N3CCCCC3)c2)N(C)C)c1. The molecule has 1 heterocycles. The number of anilines is 1. The number of rotatable bonds is 7. The number of likely N-dealkylation sites (tertiary alicyclic amines) is 1. The Morgan fingerprint density at radius 2 is 1.81 bits per heavy atom. The molecule has 0 saturated carbocycles. The maximum atomic E-state index is 12.7. The van der Waals surface area contributed by atoms with Gasteiger partial charge in [0.2, 0.25) is 0 Å². The number of hydrogen-bond donors (Lipinski definition) is 2. The predicted molar refractivity (Wildman–Crippen MR) is 123 cm³/mol. The lowest BCUT2D eigenvalue weighted by Gasteiger charge is -2.27. The molecule has 0 aliphatic carbocycles. The average molecular weight is 425 g/mol. The van der Waals surface area contributed by atoms with Gasteiger partial charge in [0.25, 0.3) is 5.91 Å². The molecule has 0 bridgehead atoms. The summed E-state index contributed by atoms with van der Waals surface area (Å²) in [4.78, 5) is 29.2. The van der Waals surface area contributed by atoms with Crippen LogP contribution in [-0.4, -0.2) is 62.6 Å². The first-order chi connectivity index (χ1) is 15.0. The first kappa shape index (κ1) is 22.6. The third-order valence-electron chi connectivity index (χ3n) is 5.57. The zero-order valence-electron chi connectivity index (χ0n) is 18.6. The number of amides is 3. The van der Waals surface area contributed by atoms with Crippen LogP contribution in [0.25, 0.3) is 0 Å². The first-order valence-electron chi connectivity index (χ1n) is 10.7. The molecule has 3 rings (SSSR count). The number of nitrogens with zero attached hydrogens (tertiary/aromatic N) is 2. The maximum Gasteiger partial charge on any atom is 0.319 e. The summed E-state index contributed by atoms with van der Waals surface area (Å²) in [6.45, 7) is 2.03. The number of urea groups is 1. The monoisotopic (exact) mass is 424 g/mol. The normalized spacial score (nSPS) is 14.8. The van der Waals surface area contributed by atoms with Crippen LogP contribution in [-0.2, 0) is 0 Å². The Morgan fingerprint density at radius 3 is 2.52 bits per heavy atom. The van der Waals surface area contributed by atoms with Crippen molar-refractivity contribution in [3.8, 4) is 5.75 Å². The molecule has 2 N–H and O–H groups in total. The lowest BCUT2D eigenvalue weighted by Crippen LogP contribution is -2.37. The van der Waals surface area contributed by atoms with Crippen molar-refractivity contribution in [2.24, 2.45) is 0 Å². The number of methoxy groups -OCH3 is 1. The highest BCUT2D eigenvalue weighted by molar-refractivity contribution is 5.97. The van der Waals surface area contributed by atoms with Crippen LogP contribution in [0, 0.1) is 0 Å². The van der Waals surface area contributed by atoms with Gasteiger partial charge in [-0.2, -0.15) is 0 Å². The molecule has 1 aliphatic heterocycles. The Kier molecular flexibility index (Phi) is 7.89. The predicted octanol–water partition coefficient (Wildman–Crippen LogP) is 3.75. The number of carbonyl (C=O) groups is 2. The topological polar surface area (TPSA) is 73.9 Å². The fourth-order valence-corrected chi connectivity index (χ4v) is 3.82. The molecule has 0 spiro atoms. The van der Waals surface area contributed by atoms with Crippen LogP contribution in [0.3, 0.4) is 0 Å². The van der Waals surface area contributed by atoms with E-state index in [1.165, 1.54) is 6.42 Å². The van der Waals surface area contributed by atoms with Crippen molar-refractivity contribution in [2.45, 2.75) is 25.3 Å². The molecular weight excluding hydrogens is 392 g/mol. The van der Waals surface area contributed by atoms with Gasteiger partial charge in [0.05, 0.1) is 13.2 Å². The third-order valence-corrected chi connectivity index (χ3v) is 5.57. The third kappa shape index (κ3) is 6.21. The van der Waals surface area contributed by atoms with Crippen molar-refractivity contribution in [2.75, 3.05) is 46.2 Å². The quantitative estimate of drug-likeness (QED) is 0.710. The highest BCUT2D eigenvalue weighted by atomic mass is 16.5. The Hall–Kier alpha value is -3.06. The molecular formula is C24H32N4O3. The molecule has 31 heavy (non-hydrogen) atoms. The highest BCUT2D eigenvalue weighted by Gasteiger charge is 2.19. The second-order valence-corrected chi connectivity index (χ2v) is 8.02. The standard InChI is InChI=1S/C24H32N4O3/c1-27(2)22(18-9-8-12-21(16-18)31-3)17-25-24(30)26-20-11-7-10-19(15-20)23(29)28-13-5-4-6-14-28/h7-12,15-16,22H,4-6,13-14,17H2,1-3H3,(H2,25,26,30). The summed E-state index contributed by atoms with van der Waals surface area (Å²) in [5, 5.41) is 5.78. The van der Waals surface area contributed by atoms with Crippen molar-refractivity contribution in [1.29, 1.82) is 0 Å². The molecule has 1 aliphatic rings. The van der Waals surface area contributed by atoms with Crippen LogP contribution in [0.1, 0.15) is 41.2 Å². The summed E-state index contributed by atoms with van der Waals surface area (Å²) in [6, 6.07) is 14.6. The second kappa shape index (κ2) is 10.8. The van der Waals surface area contributed by atoms with Gasteiger partial charge in [-0.25, -0.2) is 4.79 Å². The van der Waals surface area contributed by atoms with Gasteiger partial charge in [-0.05, 0) is 69.3 Å². The molecule has 0 radical (unpaired) electrons. The molecule has 166 valence electrons. The number of hydrogen-bond acceptors (Lipinski definition) is 4. The molecule has 7 nitrogen and oxygen atoms in total. The summed E-state index contributed by atoms with van der Waals surface area (Å²) in [5.41, 5.74) is 2.25. The van der Waals surface area contributed by atoms with Crippen molar-refractivity contribution in [1.82, 2.24) is 15.1 Å². The number of piperidine rings is 1. The molecule has 1 unspecified atom stereocenters. The zero-order valence-corrected chi connectivity index (χ0v) is 18.6. The number of nitrogens with one attached hydrogen (secondary N) is 2. The van der Waals surface area contributed by atoms with E-state index in [2.05, 4.69) is 10.6 Å². The number of ether oxygens (including phenoxy) is 1. The summed E-state index contributed by atoms with van der Waals surface area (Å²) in [7, 11) is 5.58. The minimum atomic E-state index is -0.308. The smallest absolute Gasteiger partial charge is 0.319 e. The van der Waals surface area contributed by atoms with E-state index in [-0.39, 0.29) is 18.0 Å². The van der Waals surface area contributed by atoms with E-state index in [1.54, 1.807) is 31.4 Å². The van der Waals surface area contributed by atoms with E-state index in [0.29, 0.717) is 17.8 Å². The van der Waals surface area contributed by atoms with Crippen LogP contribution in [0.2, 0.25) is 0 Å². The number of benzene rings is 2. The fraction of sp³-hybridized carbons (Fsp3) is 0.417. The number of carbonyl (C=O) groups excluding carboxylic acids is 2. The van der Waals surface area contributed by atoms with E-state index >= 15 is 0 Å². The van der Waals surface area contributed by atoms with Gasteiger partial charge in [0, 0.05) is 30.9 Å². The first-order valence-corrected chi connectivity index (χ1v) is 10.7. The van der Waals surface area contributed by atoms with Gasteiger partial charge < -0.3 is 25.2 Å². The Bertz CT molecular complexity index is 894. The second-order valence-electron chi connectivity index (χ2n) is 8.02. The molecule has 7 heteroatoms. The molecule has 1 fully saturated rings. The van der Waals surface area contributed by atoms with Gasteiger partial charge in [0.15, 0.2) is 0 Å². The van der Waals surface area contributed by atoms with E-state index < -0.39 is 0 Å². The minimum absolute atomic E-state index is 0.00661. The van der Waals surface area contributed by atoms with Crippen molar-refractivity contribution < 1.29 is 14.3 Å². The molecule has 1 saturated heterocycles. The maximum absolute atomic E-state index is 12.7. The average Bonchev–Trinajstić information content (AvgIpc) is 2.79. The molecule has 1 atom stereocenters. The van der Waals surface area contributed by atoms with Crippen LogP contribution >= 0.6 is 0 Å².